The first-order valence-corrected chi connectivity index (χ1v) is 8.02. The van der Waals surface area contributed by atoms with E-state index >= 15 is 0 Å². The summed E-state index contributed by atoms with van der Waals surface area (Å²) >= 11 is 0. The van der Waals surface area contributed by atoms with Crippen LogP contribution in [0.3, 0.4) is 0 Å². The van der Waals surface area contributed by atoms with Gasteiger partial charge >= 0.3 is 0 Å². The molecule has 0 fully saturated rings. The highest BCUT2D eigenvalue weighted by Gasteiger charge is 2.31. The van der Waals surface area contributed by atoms with Gasteiger partial charge < -0.3 is 5.73 Å². The number of rotatable bonds is 2. The van der Waals surface area contributed by atoms with Crippen molar-refractivity contribution in [3.63, 3.8) is 0 Å². The molecule has 3 N–H and O–H groups in total. The summed E-state index contributed by atoms with van der Waals surface area (Å²) in [6, 6.07) is 17.2. The molecule has 7 nitrogen and oxygen atoms in total. The average molecular weight is 356 g/mol. The highest BCUT2D eigenvalue weighted by molar-refractivity contribution is 6.23. The molecule has 4 rings (SSSR count). The minimum atomic E-state index is -0.628. The van der Waals surface area contributed by atoms with Gasteiger partial charge in [0.15, 0.2) is 0 Å². The second-order valence-corrected chi connectivity index (χ2v) is 6.01. The van der Waals surface area contributed by atoms with E-state index in [0.717, 1.165) is 17.2 Å². The molecule has 0 unspecified atom stereocenters. The lowest BCUT2D eigenvalue weighted by atomic mass is 10.0. The molecule has 2 heterocycles. The van der Waals surface area contributed by atoms with E-state index in [2.05, 4.69) is 11.4 Å². The molecule has 130 valence electrons. The quantitative estimate of drug-likeness (QED) is 0.679. The van der Waals surface area contributed by atoms with Crippen molar-refractivity contribution in [2.75, 3.05) is 5.73 Å². The summed E-state index contributed by atoms with van der Waals surface area (Å²) in [6.45, 7) is 0. The van der Waals surface area contributed by atoms with Gasteiger partial charge in [-0.3, -0.25) is 24.3 Å². The van der Waals surface area contributed by atoms with Crippen LogP contribution in [0.1, 0.15) is 26.3 Å². The van der Waals surface area contributed by atoms with Crippen LogP contribution in [0.4, 0.5) is 5.82 Å². The van der Waals surface area contributed by atoms with Crippen LogP contribution in [0, 0.1) is 11.3 Å². The third-order valence-electron chi connectivity index (χ3n) is 4.41. The second kappa shape index (κ2) is 5.97. The molecule has 1 aliphatic rings. The lowest BCUT2D eigenvalue weighted by Crippen LogP contribution is -2.24. The van der Waals surface area contributed by atoms with Gasteiger partial charge in [0.25, 0.3) is 17.4 Å². The summed E-state index contributed by atoms with van der Waals surface area (Å²) in [7, 11) is 0. The zero-order chi connectivity index (χ0) is 19.1. The van der Waals surface area contributed by atoms with Gasteiger partial charge in [-0.05, 0) is 35.4 Å². The third-order valence-corrected chi connectivity index (χ3v) is 4.41. The van der Waals surface area contributed by atoms with E-state index in [-0.39, 0.29) is 16.9 Å². The SMILES string of the molecule is N#Cc1ccc(-c2cccc(-n3c(N)c4c(cc3=O)C(=O)NC4=O)c2)cc1. The van der Waals surface area contributed by atoms with Crippen molar-refractivity contribution < 1.29 is 9.59 Å². The number of benzene rings is 2. The number of imide groups is 1. The van der Waals surface area contributed by atoms with Crippen LogP contribution in [-0.2, 0) is 0 Å². The number of nitriles is 1. The summed E-state index contributed by atoms with van der Waals surface area (Å²) in [4.78, 5) is 36.3. The highest BCUT2D eigenvalue weighted by atomic mass is 16.2. The predicted molar refractivity (Wildman–Crippen MR) is 98.4 cm³/mol. The smallest absolute Gasteiger partial charge is 0.262 e. The van der Waals surface area contributed by atoms with Crippen molar-refractivity contribution in [3.05, 3.63) is 81.6 Å². The normalized spacial score (nSPS) is 12.4. The molecule has 0 atom stereocenters. The van der Waals surface area contributed by atoms with Crippen LogP contribution in [0.25, 0.3) is 16.8 Å². The van der Waals surface area contributed by atoms with Gasteiger partial charge in [-0.15, -0.1) is 0 Å². The molecule has 2 amide bonds. The van der Waals surface area contributed by atoms with Gasteiger partial charge in [-0.1, -0.05) is 24.3 Å². The Morgan fingerprint density at radius 2 is 1.67 bits per heavy atom. The molecule has 0 aliphatic carbocycles. The van der Waals surface area contributed by atoms with Crippen LogP contribution in [-0.4, -0.2) is 16.4 Å². The molecule has 0 spiro atoms. The fraction of sp³-hybridized carbons (Fsp3) is 0. The lowest BCUT2D eigenvalue weighted by molar-refractivity contribution is 0.0880. The number of hydrogen-bond acceptors (Lipinski definition) is 5. The number of carbonyl (C=O) groups is 2. The van der Waals surface area contributed by atoms with Gasteiger partial charge in [0.2, 0.25) is 0 Å². The molecule has 0 bridgehead atoms. The lowest BCUT2D eigenvalue weighted by Gasteiger charge is -2.13. The topological polar surface area (TPSA) is 118 Å². The van der Waals surface area contributed by atoms with E-state index in [4.69, 9.17) is 11.0 Å². The van der Waals surface area contributed by atoms with E-state index in [1.165, 1.54) is 4.57 Å². The number of nitrogen functional groups attached to an aromatic ring is 1. The molecule has 0 saturated carbocycles. The molecule has 27 heavy (non-hydrogen) atoms. The maximum atomic E-state index is 12.5. The van der Waals surface area contributed by atoms with Crippen LogP contribution in [0.15, 0.2) is 59.4 Å². The second-order valence-electron chi connectivity index (χ2n) is 6.01. The number of aromatic nitrogens is 1. The van der Waals surface area contributed by atoms with E-state index in [0.29, 0.717) is 11.3 Å². The largest absolute Gasteiger partial charge is 0.384 e. The predicted octanol–water partition coefficient (Wildman–Crippen LogP) is 1.84. The molecule has 0 saturated heterocycles. The average Bonchev–Trinajstić information content (AvgIpc) is 2.95. The van der Waals surface area contributed by atoms with E-state index in [1.807, 2.05) is 6.07 Å². The summed E-state index contributed by atoms with van der Waals surface area (Å²) in [5, 5.41) is 11.1. The Bertz CT molecular complexity index is 1220. The van der Waals surface area contributed by atoms with Crippen molar-refractivity contribution in [2.24, 2.45) is 0 Å². The monoisotopic (exact) mass is 356 g/mol. The molecule has 7 heteroatoms. The molecular formula is C20H12N4O3. The number of fused-ring (bicyclic) bond motifs is 1. The number of nitrogens with one attached hydrogen (secondary N) is 1. The van der Waals surface area contributed by atoms with E-state index in [1.54, 1.807) is 42.5 Å². The zero-order valence-corrected chi connectivity index (χ0v) is 13.9. The van der Waals surface area contributed by atoms with Gasteiger partial charge in [-0.2, -0.15) is 5.26 Å². The first-order valence-electron chi connectivity index (χ1n) is 8.02. The van der Waals surface area contributed by atoms with Crippen LogP contribution < -0.4 is 16.6 Å². The third kappa shape index (κ3) is 2.56. The number of nitrogens with zero attached hydrogens (tertiary/aromatic N) is 2. The maximum absolute atomic E-state index is 12.5. The molecule has 1 aromatic heterocycles. The van der Waals surface area contributed by atoms with E-state index in [9.17, 15) is 14.4 Å². The van der Waals surface area contributed by atoms with Crippen LogP contribution in [0.2, 0.25) is 0 Å². The number of carbonyl (C=O) groups excluding carboxylic acids is 2. The minimum Gasteiger partial charge on any atom is -0.384 e. The molecule has 2 aromatic carbocycles. The Morgan fingerprint density at radius 3 is 2.37 bits per heavy atom. The molecule has 3 aromatic rings. The standard InChI is InChI=1S/C20H12N4O3/c21-10-11-4-6-12(7-5-11)13-2-1-3-14(8-13)24-16(25)9-15-17(18(24)22)20(27)23-19(15)26/h1-9H,22H2,(H,23,26,27). The van der Waals surface area contributed by atoms with Gasteiger partial charge in [0.1, 0.15) is 5.82 Å². The Kier molecular flexibility index (Phi) is 3.60. The highest BCUT2D eigenvalue weighted by Crippen LogP contribution is 2.26. The molecule has 1 aliphatic heterocycles. The summed E-state index contributed by atoms with van der Waals surface area (Å²) in [5.41, 5.74) is 8.23. The molecule has 0 radical (unpaired) electrons. The Labute approximate surface area is 153 Å². The summed E-state index contributed by atoms with van der Waals surface area (Å²) in [5.74, 6) is -1.33. The minimum absolute atomic E-state index is 0.00313. The fourth-order valence-corrected chi connectivity index (χ4v) is 3.11. The number of amides is 2. The van der Waals surface area contributed by atoms with Gasteiger partial charge in [0, 0.05) is 6.07 Å². The van der Waals surface area contributed by atoms with Crippen molar-refractivity contribution >= 4 is 17.6 Å². The Morgan fingerprint density at radius 1 is 0.926 bits per heavy atom. The number of pyridine rings is 1. The Hall–Kier alpha value is -4.18. The first-order chi connectivity index (χ1) is 13.0. The van der Waals surface area contributed by atoms with Crippen molar-refractivity contribution in [3.8, 4) is 22.9 Å². The summed E-state index contributed by atoms with van der Waals surface area (Å²) < 4.78 is 1.20. The maximum Gasteiger partial charge on any atom is 0.262 e. The van der Waals surface area contributed by atoms with Gasteiger partial charge in [0.05, 0.1) is 28.4 Å². The molecular weight excluding hydrogens is 344 g/mol. The number of nitrogens with two attached hydrogens (primary N) is 1. The zero-order valence-electron chi connectivity index (χ0n) is 13.9. The Balaban J connectivity index is 1.87. The fourth-order valence-electron chi connectivity index (χ4n) is 3.11. The van der Waals surface area contributed by atoms with Crippen molar-refractivity contribution in [1.29, 1.82) is 5.26 Å². The van der Waals surface area contributed by atoms with Crippen LogP contribution in [0.5, 0.6) is 0 Å². The summed E-state index contributed by atoms with van der Waals surface area (Å²) in [6.07, 6.45) is 0. The van der Waals surface area contributed by atoms with Gasteiger partial charge in [-0.25, -0.2) is 0 Å². The number of hydrogen-bond donors (Lipinski definition) is 2. The number of anilines is 1. The first kappa shape index (κ1) is 16.3. The van der Waals surface area contributed by atoms with E-state index < -0.39 is 17.4 Å². The van der Waals surface area contributed by atoms with Crippen molar-refractivity contribution in [2.45, 2.75) is 0 Å². The van der Waals surface area contributed by atoms with Crippen molar-refractivity contribution in [1.82, 2.24) is 9.88 Å². The van der Waals surface area contributed by atoms with Crippen LogP contribution >= 0.6 is 0 Å².